The summed E-state index contributed by atoms with van der Waals surface area (Å²) in [5, 5.41) is 7.12. The number of hydrogen-bond acceptors (Lipinski definition) is 3. The van der Waals surface area contributed by atoms with Crippen LogP contribution in [0.1, 0.15) is 27.2 Å². The molecule has 5 heteroatoms. The number of rotatable bonds is 5. The van der Waals surface area contributed by atoms with Gasteiger partial charge in [-0.3, -0.25) is 9.48 Å². The smallest absolute Gasteiger partial charge is 0.259 e. The molecule has 5 nitrogen and oxygen atoms in total. The van der Waals surface area contributed by atoms with Gasteiger partial charge < -0.3 is 10.1 Å². The number of carbonyl (C=O) groups excluding carboxylic acids is 1. The average Bonchev–Trinajstić information content (AvgIpc) is 2.93. The molecule has 0 aliphatic carbocycles. The minimum Gasteiger partial charge on any atom is -0.487 e. The summed E-state index contributed by atoms with van der Waals surface area (Å²) in [4.78, 5) is 12.5. The van der Waals surface area contributed by atoms with Crippen molar-refractivity contribution < 1.29 is 9.53 Å². The van der Waals surface area contributed by atoms with Gasteiger partial charge in [0.15, 0.2) is 0 Å². The van der Waals surface area contributed by atoms with Crippen LogP contribution in [0.15, 0.2) is 54.7 Å². The number of nitrogens with zero attached hydrogens (tertiary/aromatic N) is 2. The number of nitrogens with one attached hydrogen (secondary N) is 1. The standard InChI is InChI=1S/C20H21N3O2/c1-14-7-6-8-16(11-14)13-25-19-10-5-4-9-18(19)21-20(24)17-12-23(3)22-15(17)2/h4-12H,13H2,1-3H3,(H,21,24). The van der Waals surface area contributed by atoms with Gasteiger partial charge in [-0.15, -0.1) is 0 Å². The van der Waals surface area contributed by atoms with Gasteiger partial charge in [-0.05, 0) is 31.5 Å². The predicted octanol–water partition coefficient (Wildman–Crippen LogP) is 3.87. The van der Waals surface area contributed by atoms with Crippen molar-refractivity contribution in [2.45, 2.75) is 20.5 Å². The number of carbonyl (C=O) groups is 1. The van der Waals surface area contributed by atoms with Gasteiger partial charge in [0.1, 0.15) is 12.4 Å². The molecule has 3 aromatic rings. The van der Waals surface area contributed by atoms with Crippen LogP contribution in [0.2, 0.25) is 0 Å². The molecule has 0 radical (unpaired) electrons. The molecule has 0 aliphatic rings. The second kappa shape index (κ2) is 7.21. The van der Waals surface area contributed by atoms with Gasteiger partial charge in [-0.25, -0.2) is 0 Å². The third-order valence-electron chi connectivity index (χ3n) is 3.87. The van der Waals surface area contributed by atoms with Crippen molar-refractivity contribution >= 4 is 11.6 Å². The van der Waals surface area contributed by atoms with E-state index in [1.165, 1.54) is 5.56 Å². The van der Waals surface area contributed by atoms with Gasteiger partial charge >= 0.3 is 0 Å². The largest absolute Gasteiger partial charge is 0.487 e. The quantitative estimate of drug-likeness (QED) is 0.770. The van der Waals surface area contributed by atoms with Crippen molar-refractivity contribution in [3.63, 3.8) is 0 Å². The van der Waals surface area contributed by atoms with Crippen LogP contribution in [0.25, 0.3) is 0 Å². The fraction of sp³-hybridized carbons (Fsp3) is 0.200. The van der Waals surface area contributed by atoms with Crippen molar-refractivity contribution in [3.05, 3.63) is 77.1 Å². The molecule has 0 spiro atoms. The first-order valence-electron chi connectivity index (χ1n) is 8.12. The Morgan fingerprint density at radius 2 is 1.96 bits per heavy atom. The Balaban J connectivity index is 1.74. The summed E-state index contributed by atoms with van der Waals surface area (Å²) in [6.07, 6.45) is 1.71. The number of ether oxygens (including phenoxy) is 1. The molecule has 1 heterocycles. The normalized spacial score (nSPS) is 10.5. The molecule has 2 aromatic carbocycles. The SMILES string of the molecule is Cc1cccc(COc2ccccc2NC(=O)c2cn(C)nc2C)c1. The topological polar surface area (TPSA) is 56.1 Å². The van der Waals surface area contributed by atoms with Gasteiger partial charge in [0.2, 0.25) is 0 Å². The van der Waals surface area contributed by atoms with Crippen LogP contribution >= 0.6 is 0 Å². The molecular formula is C20H21N3O2. The first-order valence-corrected chi connectivity index (χ1v) is 8.12. The fourth-order valence-electron chi connectivity index (χ4n) is 2.67. The third-order valence-corrected chi connectivity index (χ3v) is 3.87. The molecule has 0 fully saturated rings. The lowest BCUT2D eigenvalue weighted by molar-refractivity contribution is 0.102. The summed E-state index contributed by atoms with van der Waals surface area (Å²) in [5.41, 5.74) is 4.16. The summed E-state index contributed by atoms with van der Waals surface area (Å²) in [6.45, 7) is 4.31. The molecule has 0 bridgehead atoms. The lowest BCUT2D eigenvalue weighted by Crippen LogP contribution is -2.13. The predicted molar refractivity (Wildman–Crippen MR) is 97.9 cm³/mol. The Labute approximate surface area is 147 Å². The third kappa shape index (κ3) is 4.07. The highest BCUT2D eigenvalue weighted by Gasteiger charge is 2.14. The van der Waals surface area contributed by atoms with E-state index in [4.69, 9.17) is 4.74 Å². The molecule has 3 rings (SSSR count). The van der Waals surface area contributed by atoms with E-state index < -0.39 is 0 Å². The van der Waals surface area contributed by atoms with Gasteiger partial charge in [-0.1, -0.05) is 42.0 Å². The van der Waals surface area contributed by atoms with E-state index in [1.54, 1.807) is 17.9 Å². The summed E-state index contributed by atoms with van der Waals surface area (Å²) in [5.74, 6) is 0.441. The van der Waals surface area contributed by atoms with Crippen molar-refractivity contribution in [2.24, 2.45) is 7.05 Å². The highest BCUT2D eigenvalue weighted by Crippen LogP contribution is 2.25. The summed E-state index contributed by atoms with van der Waals surface area (Å²) in [6, 6.07) is 15.6. The maximum absolute atomic E-state index is 12.5. The van der Waals surface area contributed by atoms with Crippen molar-refractivity contribution in [1.29, 1.82) is 0 Å². The van der Waals surface area contributed by atoms with E-state index in [0.29, 0.717) is 29.3 Å². The number of aromatic nitrogens is 2. The number of benzene rings is 2. The highest BCUT2D eigenvalue weighted by atomic mass is 16.5. The molecule has 1 N–H and O–H groups in total. The maximum Gasteiger partial charge on any atom is 0.259 e. The van der Waals surface area contributed by atoms with E-state index in [1.807, 2.05) is 56.3 Å². The Morgan fingerprint density at radius 3 is 2.68 bits per heavy atom. The average molecular weight is 335 g/mol. The van der Waals surface area contributed by atoms with Crippen molar-refractivity contribution in [2.75, 3.05) is 5.32 Å². The zero-order valence-corrected chi connectivity index (χ0v) is 14.6. The van der Waals surface area contributed by atoms with Crippen LogP contribution in [-0.4, -0.2) is 15.7 Å². The fourth-order valence-corrected chi connectivity index (χ4v) is 2.67. The first kappa shape index (κ1) is 16.8. The minimum absolute atomic E-state index is 0.197. The second-order valence-electron chi connectivity index (χ2n) is 6.03. The van der Waals surface area contributed by atoms with Crippen LogP contribution < -0.4 is 10.1 Å². The number of aryl methyl sites for hydroxylation is 3. The first-order chi connectivity index (χ1) is 12.0. The van der Waals surface area contributed by atoms with Crippen LogP contribution in [-0.2, 0) is 13.7 Å². The van der Waals surface area contributed by atoms with Gasteiger partial charge in [0.25, 0.3) is 5.91 Å². The number of anilines is 1. The molecule has 0 aliphatic heterocycles. The molecular weight excluding hydrogens is 314 g/mol. The number of para-hydroxylation sites is 2. The highest BCUT2D eigenvalue weighted by molar-refractivity contribution is 6.05. The summed E-state index contributed by atoms with van der Waals surface area (Å²) in [7, 11) is 1.79. The summed E-state index contributed by atoms with van der Waals surface area (Å²) < 4.78 is 7.54. The Kier molecular flexibility index (Phi) is 4.84. The minimum atomic E-state index is -0.197. The van der Waals surface area contributed by atoms with Crippen LogP contribution in [0.3, 0.4) is 0 Å². The Hall–Kier alpha value is -3.08. The van der Waals surface area contributed by atoms with Crippen LogP contribution in [0.5, 0.6) is 5.75 Å². The molecule has 128 valence electrons. The van der Waals surface area contributed by atoms with E-state index in [9.17, 15) is 4.79 Å². The Morgan fingerprint density at radius 1 is 1.16 bits per heavy atom. The monoisotopic (exact) mass is 335 g/mol. The molecule has 25 heavy (non-hydrogen) atoms. The molecule has 1 aromatic heterocycles. The van der Waals surface area contributed by atoms with Crippen molar-refractivity contribution in [3.8, 4) is 5.75 Å². The molecule has 0 atom stereocenters. The van der Waals surface area contributed by atoms with Gasteiger partial charge in [-0.2, -0.15) is 5.10 Å². The van der Waals surface area contributed by atoms with E-state index in [2.05, 4.69) is 16.5 Å². The summed E-state index contributed by atoms with van der Waals surface area (Å²) >= 11 is 0. The van der Waals surface area contributed by atoms with E-state index >= 15 is 0 Å². The van der Waals surface area contributed by atoms with Crippen LogP contribution in [0.4, 0.5) is 5.69 Å². The van der Waals surface area contributed by atoms with Gasteiger partial charge in [0, 0.05) is 13.2 Å². The number of amides is 1. The number of hydrogen-bond donors (Lipinski definition) is 1. The molecule has 0 saturated carbocycles. The van der Waals surface area contributed by atoms with E-state index in [0.717, 1.165) is 5.56 Å². The zero-order chi connectivity index (χ0) is 17.8. The Bertz CT molecular complexity index is 899. The molecule has 0 saturated heterocycles. The molecule has 1 amide bonds. The zero-order valence-electron chi connectivity index (χ0n) is 14.6. The van der Waals surface area contributed by atoms with Gasteiger partial charge in [0.05, 0.1) is 16.9 Å². The molecule has 0 unspecified atom stereocenters. The van der Waals surface area contributed by atoms with Crippen molar-refractivity contribution in [1.82, 2.24) is 9.78 Å². The van der Waals surface area contributed by atoms with E-state index in [-0.39, 0.29) is 5.91 Å². The van der Waals surface area contributed by atoms with Crippen LogP contribution in [0, 0.1) is 13.8 Å². The maximum atomic E-state index is 12.5. The lowest BCUT2D eigenvalue weighted by Gasteiger charge is -2.12. The lowest BCUT2D eigenvalue weighted by atomic mass is 10.1. The second-order valence-corrected chi connectivity index (χ2v) is 6.03.